The van der Waals surface area contributed by atoms with Crippen LogP contribution in [0.15, 0.2) is 30.3 Å². The molecule has 0 heterocycles. The van der Waals surface area contributed by atoms with Crippen molar-refractivity contribution in [2.24, 2.45) is 0 Å². The second-order valence-corrected chi connectivity index (χ2v) is 10.3. The lowest BCUT2D eigenvalue weighted by molar-refractivity contribution is -0.120. The highest BCUT2D eigenvalue weighted by Gasteiger charge is 2.26. The van der Waals surface area contributed by atoms with Crippen LogP contribution < -0.4 is 19.1 Å². The normalized spacial score (nSPS) is 14.3. The van der Waals surface area contributed by atoms with Gasteiger partial charge in [-0.25, -0.2) is 8.42 Å². The van der Waals surface area contributed by atoms with Crippen LogP contribution in [0.4, 0.5) is 5.69 Å². The van der Waals surface area contributed by atoms with Crippen molar-refractivity contribution in [1.82, 2.24) is 5.32 Å². The molecule has 9 heteroatoms. The van der Waals surface area contributed by atoms with Gasteiger partial charge in [-0.2, -0.15) is 0 Å². The van der Waals surface area contributed by atoms with E-state index in [1.54, 1.807) is 0 Å². The van der Waals surface area contributed by atoms with E-state index in [0.29, 0.717) is 0 Å². The van der Waals surface area contributed by atoms with Crippen LogP contribution in [0.2, 0.25) is 5.02 Å². The summed E-state index contributed by atoms with van der Waals surface area (Å²) in [6.45, 7) is 1.48. The Morgan fingerprint density at radius 1 is 1.09 bits per heavy atom. The van der Waals surface area contributed by atoms with Crippen molar-refractivity contribution in [1.29, 1.82) is 0 Å². The van der Waals surface area contributed by atoms with Crippen LogP contribution in [-0.4, -0.2) is 41.3 Å². The number of nitrogens with one attached hydrogen (secondary N) is 1. The number of fused-ring (bicyclic) bond motifs is 1. The predicted octanol–water partition coefficient (Wildman–Crippen LogP) is 3.88. The van der Waals surface area contributed by atoms with E-state index in [9.17, 15) is 13.2 Å². The van der Waals surface area contributed by atoms with Crippen LogP contribution in [-0.2, 0) is 27.7 Å². The quantitative estimate of drug-likeness (QED) is 0.619. The molecule has 0 aromatic heterocycles. The number of nitrogens with zero attached hydrogens (tertiary/aromatic N) is 1. The summed E-state index contributed by atoms with van der Waals surface area (Å²) in [5, 5.41) is 3.18. The summed E-state index contributed by atoms with van der Waals surface area (Å²) in [7, 11) is -0.973. The lowest BCUT2D eigenvalue weighted by atomic mass is 9.89. The summed E-state index contributed by atoms with van der Waals surface area (Å²) < 4.78 is 36.6. The molecular formula is C23H29ClN2O5S. The van der Waals surface area contributed by atoms with Gasteiger partial charge in [-0.05, 0) is 49.3 Å². The fraction of sp³-hybridized carbons (Fsp3) is 0.435. The third-order valence-corrected chi connectivity index (χ3v) is 7.08. The lowest BCUT2D eigenvalue weighted by Gasteiger charge is -2.26. The number of amides is 1. The van der Waals surface area contributed by atoms with Gasteiger partial charge in [-0.15, -0.1) is 0 Å². The number of halogens is 1. The monoisotopic (exact) mass is 480 g/mol. The molecule has 32 heavy (non-hydrogen) atoms. The Hall–Kier alpha value is -2.45. The SMILES string of the molecule is COc1cc(N(CC(=O)NC(C)c2ccc3c(c2)CCCC3)S(C)(=O)=O)c(OC)cc1Cl. The van der Waals surface area contributed by atoms with Crippen molar-refractivity contribution < 1.29 is 22.7 Å². The Morgan fingerprint density at radius 3 is 2.38 bits per heavy atom. The third kappa shape index (κ3) is 5.48. The zero-order chi connectivity index (χ0) is 23.5. The van der Waals surface area contributed by atoms with E-state index in [2.05, 4.69) is 17.4 Å². The Bertz CT molecular complexity index is 1100. The largest absolute Gasteiger partial charge is 0.495 e. The predicted molar refractivity (Wildman–Crippen MR) is 126 cm³/mol. The molecular weight excluding hydrogens is 452 g/mol. The zero-order valence-corrected chi connectivity index (χ0v) is 20.3. The number of benzene rings is 2. The van der Waals surface area contributed by atoms with Crippen molar-refractivity contribution in [3.05, 3.63) is 52.0 Å². The Balaban J connectivity index is 1.82. The zero-order valence-electron chi connectivity index (χ0n) is 18.8. The first-order valence-electron chi connectivity index (χ1n) is 10.4. The number of rotatable bonds is 8. The molecule has 0 radical (unpaired) electrons. The molecule has 1 atom stereocenters. The molecule has 3 rings (SSSR count). The lowest BCUT2D eigenvalue weighted by Crippen LogP contribution is -2.41. The highest BCUT2D eigenvalue weighted by atomic mass is 35.5. The number of aryl methyl sites for hydroxylation is 2. The molecule has 1 aliphatic rings. The Morgan fingerprint density at radius 2 is 1.75 bits per heavy atom. The van der Waals surface area contributed by atoms with Crippen molar-refractivity contribution >= 4 is 33.2 Å². The van der Waals surface area contributed by atoms with Gasteiger partial charge in [0, 0.05) is 12.1 Å². The fourth-order valence-electron chi connectivity index (χ4n) is 3.94. The van der Waals surface area contributed by atoms with Gasteiger partial charge >= 0.3 is 0 Å². The number of carbonyl (C=O) groups is 1. The van der Waals surface area contributed by atoms with E-state index in [-0.39, 0.29) is 28.3 Å². The number of carbonyl (C=O) groups excluding carboxylic acids is 1. The van der Waals surface area contributed by atoms with Gasteiger partial charge in [0.1, 0.15) is 18.0 Å². The van der Waals surface area contributed by atoms with Crippen LogP contribution in [0, 0.1) is 0 Å². The van der Waals surface area contributed by atoms with Crippen LogP contribution in [0.3, 0.4) is 0 Å². The smallest absolute Gasteiger partial charge is 0.241 e. The van der Waals surface area contributed by atoms with Gasteiger partial charge in [0.15, 0.2) is 0 Å². The molecule has 1 amide bonds. The van der Waals surface area contributed by atoms with Gasteiger partial charge in [-0.1, -0.05) is 29.8 Å². The highest BCUT2D eigenvalue weighted by molar-refractivity contribution is 7.92. The molecule has 7 nitrogen and oxygen atoms in total. The second-order valence-electron chi connectivity index (χ2n) is 7.95. The van der Waals surface area contributed by atoms with Crippen LogP contribution in [0.25, 0.3) is 0 Å². The molecule has 0 saturated heterocycles. The first-order chi connectivity index (χ1) is 15.1. The maximum Gasteiger partial charge on any atom is 0.241 e. The van der Waals surface area contributed by atoms with Crippen LogP contribution >= 0.6 is 11.6 Å². The first-order valence-corrected chi connectivity index (χ1v) is 12.7. The van der Waals surface area contributed by atoms with E-state index < -0.39 is 22.5 Å². The number of hydrogen-bond donors (Lipinski definition) is 1. The minimum absolute atomic E-state index is 0.174. The standard InChI is InChI=1S/C23H29ClN2O5S/c1-15(17-10-9-16-7-5-6-8-18(16)11-17)25-23(27)14-26(32(4,28)29)20-13-21(30-2)19(24)12-22(20)31-3/h9-13,15H,5-8,14H2,1-4H3,(H,25,27). The summed E-state index contributed by atoms with van der Waals surface area (Å²) >= 11 is 6.14. The van der Waals surface area contributed by atoms with E-state index in [1.165, 1.54) is 50.3 Å². The van der Waals surface area contributed by atoms with Crippen molar-refractivity contribution in [3.8, 4) is 11.5 Å². The van der Waals surface area contributed by atoms with Gasteiger partial charge in [0.2, 0.25) is 15.9 Å². The van der Waals surface area contributed by atoms with Gasteiger partial charge in [0.05, 0.1) is 37.2 Å². The Kier molecular flexibility index (Phi) is 7.56. The van der Waals surface area contributed by atoms with Crippen molar-refractivity contribution in [2.75, 3.05) is 31.3 Å². The average molecular weight is 481 g/mol. The third-order valence-electron chi connectivity index (χ3n) is 5.66. The molecule has 2 aromatic rings. The highest BCUT2D eigenvalue weighted by Crippen LogP contribution is 2.39. The molecule has 0 saturated carbocycles. The topological polar surface area (TPSA) is 84.9 Å². The summed E-state index contributed by atoms with van der Waals surface area (Å²) in [5.74, 6) is 0.0623. The maximum absolute atomic E-state index is 12.9. The molecule has 0 aliphatic heterocycles. The molecule has 0 fully saturated rings. The molecule has 0 spiro atoms. The summed E-state index contributed by atoms with van der Waals surface area (Å²) in [6.07, 6.45) is 5.55. The second kappa shape index (κ2) is 10.0. The molecule has 1 unspecified atom stereocenters. The maximum atomic E-state index is 12.9. The van der Waals surface area contributed by atoms with Gasteiger partial charge in [0.25, 0.3) is 0 Å². The average Bonchev–Trinajstić information content (AvgIpc) is 2.76. The first kappa shape index (κ1) is 24.2. The van der Waals surface area contributed by atoms with Gasteiger partial charge < -0.3 is 14.8 Å². The number of sulfonamides is 1. The van der Waals surface area contributed by atoms with E-state index in [0.717, 1.165) is 29.0 Å². The minimum atomic E-state index is -3.80. The molecule has 0 bridgehead atoms. The Labute approximate surface area is 194 Å². The van der Waals surface area contributed by atoms with Crippen LogP contribution in [0.1, 0.15) is 42.5 Å². The van der Waals surface area contributed by atoms with E-state index in [1.807, 2.05) is 13.0 Å². The number of hydrogen-bond acceptors (Lipinski definition) is 5. The van der Waals surface area contributed by atoms with Crippen LogP contribution in [0.5, 0.6) is 11.5 Å². The molecule has 1 N–H and O–H groups in total. The van der Waals surface area contributed by atoms with E-state index in [4.69, 9.17) is 21.1 Å². The summed E-state index contributed by atoms with van der Waals surface area (Å²) in [4.78, 5) is 12.9. The summed E-state index contributed by atoms with van der Waals surface area (Å²) in [5.41, 5.74) is 3.86. The number of anilines is 1. The number of methoxy groups -OCH3 is 2. The van der Waals surface area contributed by atoms with Crippen molar-refractivity contribution in [2.45, 2.75) is 38.6 Å². The summed E-state index contributed by atoms with van der Waals surface area (Å²) in [6, 6.07) is 8.93. The molecule has 174 valence electrons. The number of ether oxygens (including phenoxy) is 2. The van der Waals surface area contributed by atoms with Crippen molar-refractivity contribution in [3.63, 3.8) is 0 Å². The molecule has 2 aromatic carbocycles. The minimum Gasteiger partial charge on any atom is -0.495 e. The fourth-order valence-corrected chi connectivity index (χ4v) is 5.03. The van der Waals surface area contributed by atoms with E-state index >= 15 is 0 Å². The molecule has 1 aliphatic carbocycles. The van der Waals surface area contributed by atoms with Gasteiger partial charge in [-0.3, -0.25) is 9.10 Å².